The van der Waals surface area contributed by atoms with E-state index in [2.05, 4.69) is 14.7 Å². The first-order valence-corrected chi connectivity index (χ1v) is 5.92. The van der Waals surface area contributed by atoms with E-state index < -0.39 is 6.36 Å². The minimum absolute atomic E-state index is 0.224. The van der Waals surface area contributed by atoms with Crippen LogP contribution in [0.15, 0.2) is 30.5 Å². The van der Waals surface area contributed by atoms with Crippen LogP contribution in [0.1, 0.15) is 24.6 Å². The largest absolute Gasteiger partial charge is 0.573 e. The fourth-order valence-electron chi connectivity index (χ4n) is 1.88. The van der Waals surface area contributed by atoms with Crippen molar-refractivity contribution in [2.45, 2.75) is 25.1 Å². The molecule has 1 heterocycles. The van der Waals surface area contributed by atoms with Crippen molar-refractivity contribution in [1.29, 1.82) is 0 Å². The van der Waals surface area contributed by atoms with E-state index in [1.807, 2.05) is 0 Å². The van der Waals surface area contributed by atoms with E-state index in [1.165, 1.54) is 12.1 Å². The Morgan fingerprint density at radius 1 is 1.16 bits per heavy atom. The number of hydrogen-bond donors (Lipinski definition) is 1. The van der Waals surface area contributed by atoms with Crippen LogP contribution < -0.4 is 4.74 Å². The summed E-state index contributed by atoms with van der Waals surface area (Å²) in [6, 6.07) is 5.73. The van der Waals surface area contributed by atoms with Gasteiger partial charge in [-0.2, -0.15) is 0 Å². The second-order valence-corrected chi connectivity index (χ2v) is 4.53. The molecular formula is C13H11F3N2O. The zero-order chi connectivity index (χ0) is 13.5. The van der Waals surface area contributed by atoms with Crippen LogP contribution in [0.5, 0.6) is 5.75 Å². The monoisotopic (exact) mass is 268 g/mol. The van der Waals surface area contributed by atoms with Crippen LogP contribution in [0.25, 0.3) is 11.3 Å². The minimum atomic E-state index is -4.66. The molecule has 1 N–H and O–H groups in total. The van der Waals surface area contributed by atoms with Crippen molar-refractivity contribution in [3.63, 3.8) is 0 Å². The number of nitrogens with one attached hydrogen (secondary N) is 1. The second-order valence-electron chi connectivity index (χ2n) is 4.53. The molecule has 0 saturated heterocycles. The summed E-state index contributed by atoms with van der Waals surface area (Å²) < 4.78 is 39.9. The Kier molecular flexibility index (Phi) is 2.73. The van der Waals surface area contributed by atoms with Gasteiger partial charge < -0.3 is 9.72 Å². The van der Waals surface area contributed by atoms with E-state index in [1.54, 1.807) is 18.3 Å². The molecule has 3 nitrogen and oxygen atoms in total. The number of H-pyrrole nitrogens is 1. The number of benzene rings is 1. The lowest BCUT2D eigenvalue weighted by Gasteiger charge is -2.08. The number of hydrogen-bond acceptors (Lipinski definition) is 2. The van der Waals surface area contributed by atoms with Gasteiger partial charge in [0.25, 0.3) is 0 Å². The van der Waals surface area contributed by atoms with Gasteiger partial charge in [0.05, 0.1) is 11.9 Å². The fraction of sp³-hybridized carbons (Fsp3) is 0.308. The van der Waals surface area contributed by atoms with Crippen LogP contribution in [0.3, 0.4) is 0 Å². The number of imidazole rings is 1. The van der Waals surface area contributed by atoms with Gasteiger partial charge in [-0.1, -0.05) is 0 Å². The van der Waals surface area contributed by atoms with E-state index in [0.717, 1.165) is 29.9 Å². The molecular weight excluding hydrogens is 257 g/mol. The standard InChI is InChI=1S/C13H11F3N2O/c14-13(15,16)19-10-5-3-8(4-6-10)11-7-17-12(18-11)9-1-2-9/h3-7,9H,1-2H2,(H,17,18). The van der Waals surface area contributed by atoms with Crippen LogP contribution in [-0.4, -0.2) is 16.3 Å². The highest BCUT2D eigenvalue weighted by Gasteiger charge is 2.31. The SMILES string of the molecule is FC(F)(F)Oc1ccc(-c2cnc(C3CC3)[nH]2)cc1. The molecule has 6 heteroatoms. The molecule has 0 radical (unpaired) electrons. The van der Waals surface area contributed by atoms with Crippen molar-refractivity contribution in [3.8, 4) is 17.0 Å². The van der Waals surface area contributed by atoms with E-state index in [0.29, 0.717) is 5.92 Å². The summed E-state index contributed by atoms with van der Waals surface area (Å²) in [7, 11) is 0. The lowest BCUT2D eigenvalue weighted by Crippen LogP contribution is -2.16. The summed E-state index contributed by atoms with van der Waals surface area (Å²) in [5, 5.41) is 0. The molecule has 1 aliphatic rings. The van der Waals surface area contributed by atoms with Crippen LogP contribution >= 0.6 is 0 Å². The van der Waals surface area contributed by atoms with E-state index >= 15 is 0 Å². The van der Waals surface area contributed by atoms with Crippen molar-refractivity contribution in [1.82, 2.24) is 9.97 Å². The Morgan fingerprint density at radius 3 is 2.42 bits per heavy atom. The first-order valence-electron chi connectivity index (χ1n) is 5.92. The van der Waals surface area contributed by atoms with Crippen LogP contribution in [0, 0.1) is 0 Å². The maximum atomic E-state index is 12.0. The zero-order valence-electron chi connectivity index (χ0n) is 9.87. The van der Waals surface area contributed by atoms with Gasteiger partial charge in [-0.05, 0) is 42.7 Å². The summed E-state index contributed by atoms with van der Waals surface area (Å²) in [6.45, 7) is 0. The first-order chi connectivity index (χ1) is 9.01. The van der Waals surface area contributed by atoms with Crippen molar-refractivity contribution >= 4 is 0 Å². The number of alkyl halides is 3. The topological polar surface area (TPSA) is 37.9 Å². The maximum Gasteiger partial charge on any atom is 0.573 e. The van der Waals surface area contributed by atoms with Crippen molar-refractivity contribution in [2.24, 2.45) is 0 Å². The van der Waals surface area contributed by atoms with Crippen molar-refractivity contribution in [3.05, 3.63) is 36.3 Å². The van der Waals surface area contributed by atoms with Gasteiger partial charge >= 0.3 is 6.36 Å². The molecule has 1 aromatic carbocycles. The summed E-state index contributed by atoms with van der Waals surface area (Å²) in [5.41, 5.74) is 1.59. The second kappa shape index (κ2) is 4.29. The predicted octanol–water partition coefficient (Wildman–Crippen LogP) is 3.85. The van der Waals surface area contributed by atoms with E-state index in [4.69, 9.17) is 0 Å². The van der Waals surface area contributed by atoms with E-state index in [9.17, 15) is 13.2 Å². The van der Waals surface area contributed by atoms with Gasteiger partial charge in [0, 0.05) is 5.92 Å². The first kappa shape index (κ1) is 12.1. The van der Waals surface area contributed by atoms with Crippen LogP contribution in [0.4, 0.5) is 13.2 Å². The molecule has 19 heavy (non-hydrogen) atoms. The molecule has 0 unspecified atom stereocenters. The Morgan fingerprint density at radius 2 is 1.84 bits per heavy atom. The lowest BCUT2D eigenvalue weighted by molar-refractivity contribution is -0.274. The molecule has 0 bridgehead atoms. The third-order valence-corrected chi connectivity index (χ3v) is 2.96. The highest BCUT2D eigenvalue weighted by Crippen LogP contribution is 2.39. The highest BCUT2D eigenvalue weighted by molar-refractivity contribution is 5.59. The molecule has 0 atom stereocenters. The molecule has 1 aromatic heterocycles. The normalized spacial score (nSPS) is 15.5. The number of nitrogens with zero attached hydrogens (tertiary/aromatic N) is 1. The van der Waals surface area contributed by atoms with Gasteiger partial charge in [0.2, 0.25) is 0 Å². The molecule has 3 rings (SSSR count). The maximum absolute atomic E-state index is 12.0. The number of halogens is 3. The predicted molar refractivity (Wildman–Crippen MR) is 62.7 cm³/mol. The molecule has 0 spiro atoms. The molecule has 1 fully saturated rings. The zero-order valence-corrected chi connectivity index (χ0v) is 9.87. The summed E-state index contributed by atoms with van der Waals surface area (Å²) >= 11 is 0. The van der Waals surface area contributed by atoms with Gasteiger partial charge in [-0.25, -0.2) is 4.98 Å². The highest BCUT2D eigenvalue weighted by atomic mass is 19.4. The third-order valence-electron chi connectivity index (χ3n) is 2.96. The molecule has 0 aliphatic heterocycles. The number of rotatable bonds is 3. The average Bonchev–Trinajstić information content (AvgIpc) is 3.07. The van der Waals surface area contributed by atoms with Crippen LogP contribution in [0.2, 0.25) is 0 Å². The summed E-state index contributed by atoms with van der Waals surface area (Å²) in [6.07, 6.45) is -0.668. The average molecular weight is 268 g/mol. The smallest absolute Gasteiger partial charge is 0.406 e. The Bertz CT molecular complexity index is 570. The van der Waals surface area contributed by atoms with E-state index in [-0.39, 0.29) is 5.75 Å². The summed E-state index contributed by atoms with van der Waals surface area (Å²) in [4.78, 5) is 7.45. The fourth-order valence-corrected chi connectivity index (χ4v) is 1.88. The van der Waals surface area contributed by atoms with Gasteiger partial charge in [-0.15, -0.1) is 13.2 Å². The Labute approximate surface area is 107 Å². The van der Waals surface area contributed by atoms with Gasteiger partial charge in [0.15, 0.2) is 0 Å². The number of ether oxygens (including phenoxy) is 1. The number of aromatic amines is 1. The molecule has 100 valence electrons. The van der Waals surface area contributed by atoms with Gasteiger partial charge in [-0.3, -0.25) is 0 Å². The third kappa shape index (κ3) is 2.89. The number of aromatic nitrogens is 2. The molecule has 1 aliphatic carbocycles. The quantitative estimate of drug-likeness (QED) is 0.918. The Balaban J connectivity index is 1.77. The summed E-state index contributed by atoms with van der Waals surface area (Å²) in [5.74, 6) is 1.24. The van der Waals surface area contributed by atoms with Gasteiger partial charge in [0.1, 0.15) is 11.6 Å². The Hall–Kier alpha value is -1.98. The molecule has 2 aromatic rings. The molecule has 0 amide bonds. The molecule has 1 saturated carbocycles. The van der Waals surface area contributed by atoms with Crippen molar-refractivity contribution < 1.29 is 17.9 Å². The van der Waals surface area contributed by atoms with Crippen molar-refractivity contribution in [2.75, 3.05) is 0 Å². The lowest BCUT2D eigenvalue weighted by atomic mass is 10.2. The van der Waals surface area contributed by atoms with Crippen LogP contribution in [-0.2, 0) is 0 Å². The minimum Gasteiger partial charge on any atom is -0.406 e.